The molecule has 1 atom stereocenters. The van der Waals surface area contributed by atoms with Crippen LogP contribution in [0.25, 0.3) is 11.1 Å². The number of pyridine rings is 1. The van der Waals surface area contributed by atoms with Crippen molar-refractivity contribution in [2.45, 2.75) is 26.2 Å². The number of likely N-dealkylation sites (tertiary alicyclic amines) is 1. The van der Waals surface area contributed by atoms with Crippen LogP contribution in [0.5, 0.6) is 0 Å². The third-order valence-electron chi connectivity index (χ3n) is 6.23. The summed E-state index contributed by atoms with van der Waals surface area (Å²) < 4.78 is 13.3. The number of amides is 2. The van der Waals surface area contributed by atoms with E-state index in [0.717, 1.165) is 22.4 Å². The number of carbonyl (C=O) groups excluding carboxylic acids is 2. The van der Waals surface area contributed by atoms with E-state index in [0.29, 0.717) is 32.5 Å². The predicted octanol–water partition coefficient (Wildman–Crippen LogP) is 4.03. The number of aromatic nitrogens is 1. The van der Waals surface area contributed by atoms with Gasteiger partial charge in [-0.15, -0.1) is 0 Å². The van der Waals surface area contributed by atoms with Crippen molar-refractivity contribution in [3.8, 4) is 11.1 Å². The number of benzene rings is 2. The Labute approximate surface area is 193 Å². The Morgan fingerprint density at radius 2 is 1.88 bits per heavy atom. The van der Waals surface area contributed by atoms with Crippen LogP contribution in [0, 0.1) is 11.2 Å². The van der Waals surface area contributed by atoms with E-state index in [2.05, 4.69) is 10.3 Å². The molecule has 1 N–H and O–H groups in total. The molecule has 33 heavy (non-hydrogen) atoms. The lowest BCUT2D eigenvalue weighted by Gasteiger charge is -2.28. The first-order valence-corrected chi connectivity index (χ1v) is 11.3. The minimum Gasteiger partial charge on any atom is -0.356 e. The Balaban J connectivity index is 1.54. The Hall–Kier alpha value is -3.54. The Kier molecular flexibility index (Phi) is 6.82. The van der Waals surface area contributed by atoms with E-state index in [1.807, 2.05) is 49.4 Å². The topological polar surface area (TPSA) is 62.3 Å². The van der Waals surface area contributed by atoms with Crippen molar-refractivity contribution in [1.82, 2.24) is 15.2 Å². The summed E-state index contributed by atoms with van der Waals surface area (Å²) in [6.07, 6.45) is 3.04. The van der Waals surface area contributed by atoms with Crippen LogP contribution in [0.2, 0.25) is 0 Å². The molecule has 1 unspecified atom stereocenters. The van der Waals surface area contributed by atoms with Crippen LogP contribution in [0.3, 0.4) is 0 Å². The first-order chi connectivity index (χ1) is 16.0. The lowest BCUT2D eigenvalue weighted by molar-refractivity contribution is -0.132. The van der Waals surface area contributed by atoms with Gasteiger partial charge in [-0.25, -0.2) is 4.39 Å². The summed E-state index contributed by atoms with van der Waals surface area (Å²) in [7, 11) is 0. The van der Waals surface area contributed by atoms with Crippen molar-refractivity contribution >= 4 is 11.8 Å². The summed E-state index contributed by atoms with van der Waals surface area (Å²) in [5.41, 5.74) is 2.95. The standard InChI is InChI=1S/C27H28FN3O2/c1-2-29-26(33)27(13-15-31(19-27)25(32)17-24-8-3-4-14-30-24)18-20-6-5-7-22(16-20)21-9-11-23(28)12-10-21/h3-12,14,16H,2,13,15,17-19H2,1H3,(H,29,33). The molecule has 0 spiro atoms. The van der Waals surface area contributed by atoms with Gasteiger partial charge in [0.15, 0.2) is 0 Å². The molecule has 1 fully saturated rings. The fourth-order valence-electron chi connectivity index (χ4n) is 4.51. The van der Waals surface area contributed by atoms with Gasteiger partial charge >= 0.3 is 0 Å². The maximum atomic E-state index is 13.3. The van der Waals surface area contributed by atoms with Crippen molar-refractivity contribution in [3.05, 3.63) is 90.0 Å². The second-order valence-electron chi connectivity index (χ2n) is 8.59. The van der Waals surface area contributed by atoms with Gasteiger partial charge in [0.1, 0.15) is 5.82 Å². The van der Waals surface area contributed by atoms with Crippen molar-refractivity contribution in [3.63, 3.8) is 0 Å². The van der Waals surface area contributed by atoms with E-state index >= 15 is 0 Å². The van der Waals surface area contributed by atoms with Gasteiger partial charge in [0, 0.05) is 31.5 Å². The van der Waals surface area contributed by atoms with Crippen LogP contribution in [0.4, 0.5) is 4.39 Å². The van der Waals surface area contributed by atoms with E-state index in [-0.39, 0.29) is 24.1 Å². The molecule has 2 amide bonds. The average molecular weight is 446 g/mol. The molecule has 0 radical (unpaired) electrons. The van der Waals surface area contributed by atoms with Crippen molar-refractivity contribution in [1.29, 1.82) is 0 Å². The molecule has 0 bridgehead atoms. The molecule has 2 aromatic carbocycles. The van der Waals surface area contributed by atoms with Crippen LogP contribution in [-0.2, 0) is 22.4 Å². The first-order valence-electron chi connectivity index (χ1n) is 11.3. The maximum Gasteiger partial charge on any atom is 0.228 e. The smallest absolute Gasteiger partial charge is 0.228 e. The quantitative estimate of drug-likeness (QED) is 0.597. The lowest BCUT2D eigenvalue weighted by atomic mass is 9.79. The Morgan fingerprint density at radius 1 is 1.06 bits per heavy atom. The molecule has 0 aliphatic carbocycles. The second-order valence-corrected chi connectivity index (χ2v) is 8.59. The van der Waals surface area contributed by atoms with Gasteiger partial charge in [-0.1, -0.05) is 42.5 Å². The lowest BCUT2D eigenvalue weighted by Crippen LogP contribution is -2.45. The highest BCUT2D eigenvalue weighted by atomic mass is 19.1. The van der Waals surface area contributed by atoms with Gasteiger partial charge in [-0.2, -0.15) is 0 Å². The molecule has 6 heteroatoms. The van der Waals surface area contributed by atoms with Crippen LogP contribution in [-0.4, -0.2) is 41.3 Å². The second kappa shape index (κ2) is 9.94. The highest BCUT2D eigenvalue weighted by Gasteiger charge is 2.45. The van der Waals surface area contributed by atoms with Crippen LogP contribution in [0.15, 0.2) is 72.9 Å². The average Bonchev–Trinajstić information content (AvgIpc) is 3.26. The van der Waals surface area contributed by atoms with Crippen LogP contribution < -0.4 is 5.32 Å². The van der Waals surface area contributed by atoms with Gasteiger partial charge in [0.05, 0.1) is 11.8 Å². The van der Waals surface area contributed by atoms with E-state index in [1.165, 1.54) is 12.1 Å². The number of rotatable bonds is 7. The molecular formula is C27H28FN3O2. The highest BCUT2D eigenvalue weighted by molar-refractivity contribution is 5.86. The van der Waals surface area contributed by atoms with Crippen LogP contribution in [0.1, 0.15) is 24.6 Å². The number of nitrogens with zero attached hydrogens (tertiary/aromatic N) is 2. The molecule has 170 valence electrons. The van der Waals surface area contributed by atoms with E-state index in [9.17, 15) is 14.0 Å². The predicted molar refractivity (Wildman–Crippen MR) is 126 cm³/mol. The molecule has 4 rings (SSSR count). The van der Waals surface area contributed by atoms with Crippen molar-refractivity contribution in [2.24, 2.45) is 5.41 Å². The molecule has 0 saturated carbocycles. The van der Waals surface area contributed by atoms with Crippen molar-refractivity contribution in [2.75, 3.05) is 19.6 Å². The largest absolute Gasteiger partial charge is 0.356 e. The van der Waals surface area contributed by atoms with Gasteiger partial charge in [0.25, 0.3) is 0 Å². The minimum absolute atomic E-state index is 0.0139. The number of halogens is 1. The molecule has 3 aromatic rings. The number of hydrogen-bond acceptors (Lipinski definition) is 3. The third kappa shape index (κ3) is 5.28. The fourth-order valence-corrected chi connectivity index (χ4v) is 4.51. The van der Waals surface area contributed by atoms with Gasteiger partial charge < -0.3 is 10.2 Å². The summed E-state index contributed by atoms with van der Waals surface area (Å²) >= 11 is 0. The zero-order valence-electron chi connectivity index (χ0n) is 18.8. The summed E-state index contributed by atoms with van der Waals surface area (Å²) in [6, 6.07) is 19.9. The molecule has 1 aliphatic heterocycles. The van der Waals surface area contributed by atoms with E-state index in [1.54, 1.807) is 23.2 Å². The summed E-state index contributed by atoms with van der Waals surface area (Å²) in [5, 5.41) is 2.98. The zero-order chi connectivity index (χ0) is 23.3. The van der Waals surface area contributed by atoms with E-state index in [4.69, 9.17) is 0 Å². The van der Waals surface area contributed by atoms with Gasteiger partial charge in [-0.3, -0.25) is 14.6 Å². The van der Waals surface area contributed by atoms with Gasteiger partial charge in [0.2, 0.25) is 11.8 Å². The SMILES string of the molecule is CCNC(=O)C1(Cc2cccc(-c3ccc(F)cc3)c2)CCN(C(=O)Cc2ccccn2)C1. The number of hydrogen-bond donors (Lipinski definition) is 1. The summed E-state index contributed by atoms with van der Waals surface area (Å²) in [5.74, 6) is -0.309. The number of carbonyl (C=O) groups is 2. The zero-order valence-corrected chi connectivity index (χ0v) is 18.8. The highest BCUT2D eigenvalue weighted by Crippen LogP contribution is 2.36. The monoisotopic (exact) mass is 445 g/mol. The number of nitrogens with one attached hydrogen (secondary N) is 1. The molecule has 1 aromatic heterocycles. The summed E-state index contributed by atoms with van der Waals surface area (Å²) in [4.78, 5) is 32.2. The van der Waals surface area contributed by atoms with Crippen molar-refractivity contribution < 1.29 is 14.0 Å². The molecule has 5 nitrogen and oxygen atoms in total. The van der Waals surface area contributed by atoms with Gasteiger partial charge in [-0.05, 0) is 60.7 Å². The first kappa shape index (κ1) is 22.6. The van der Waals surface area contributed by atoms with Crippen LogP contribution >= 0.6 is 0 Å². The van der Waals surface area contributed by atoms with E-state index < -0.39 is 5.41 Å². The normalized spacial score (nSPS) is 17.7. The molecule has 2 heterocycles. The molecule has 1 aliphatic rings. The molecular weight excluding hydrogens is 417 g/mol. The maximum absolute atomic E-state index is 13.3. The summed E-state index contributed by atoms with van der Waals surface area (Å²) in [6.45, 7) is 3.36. The minimum atomic E-state index is -0.683. The fraction of sp³-hybridized carbons (Fsp3) is 0.296. The third-order valence-corrected chi connectivity index (χ3v) is 6.23. The Morgan fingerprint density at radius 3 is 2.61 bits per heavy atom. The Bertz CT molecular complexity index is 1120. The molecule has 1 saturated heterocycles.